The summed E-state index contributed by atoms with van der Waals surface area (Å²) >= 11 is 1.65. The Labute approximate surface area is 96.6 Å². The van der Waals surface area contributed by atoms with Crippen molar-refractivity contribution in [3.8, 4) is 0 Å². The van der Waals surface area contributed by atoms with E-state index in [4.69, 9.17) is 5.11 Å². The van der Waals surface area contributed by atoms with Crippen LogP contribution in [0.5, 0.6) is 0 Å². The van der Waals surface area contributed by atoms with E-state index in [2.05, 4.69) is 10.3 Å². The van der Waals surface area contributed by atoms with Gasteiger partial charge in [-0.15, -0.1) is 11.3 Å². The fraction of sp³-hybridized carbons (Fsp3) is 0.0909. The second-order valence-corrected chi connectivity index (χ2v) is 4.20. The molecule has 0 bridgehead atoms. The molecule has 16 heavy (non-hydrogen) atoms. The summed E-state index contributed by atoms with van der Waals surface area (Å²) in [5.41, 5.74) is 0.240. The van der Waals surface area contributed by atoms with Crippen LogP contribution in [0.1, 0.15) is 15.2 Å². The summed E-state index contributed by atoms with van der Waals surface area (Å²) in [6.45, 7) is 0.660. The molecular weight excluding hydrogens is 224 g/mol. The van der Waals surface area contributed by atoms with Gasteiger partial charge in [-0.25, -0.2) is 9.78 Å². The second-order valence-electron chi connectivity index (χ2n) is 3.17. The third-order valence-electron chi connectivity index (χ3n) is 2.03. The van der Waals surface area contributed by atoms with Crippen LogP contribution in [0.15, 0.2) is 35.8 Å². The summed E-state index contributed by atoms with van der Waals surface area (Å²) in [7, 11) is 0. The molecule has 0 unspecified atom stereocenters. The van der Waals surface area contributed by atoms with E-state index in [-0.39, 0.29) is 5.56 Å². The standard InChI is InChI=1S/C11H10N2O2S/c14-11(15)8-3-4-12-10(6-8)13-7-9-2-1-5-16-9/h1-6H,7H2,(H,12,13)(H,14,15). The Morgan fingerprint density at radius 3 is 3.06 bits per heavy atom. The molecule has 2 N–H and O–H groups in total. The van der Waals surface area contributed by atoms with Gasteiger partial charge in [-0.05, 0) is 23.6 Å². The second kappa shape index (κ2) is 4.76. The molecule has 5 heteroatoms. The minimum Gasteiger partial charge on any atom is -0.478 e. The number of nitrogens with one attached hydrogen (secondary N) is 1. The number of rotatable bonds is 4. The van der Waals surface area contributed by atoms with Crippen molar-refractivity contribution in [2.45, 2.75) is 6.54 Å². The lowest BCUT2D eigenvalue weighted by Crippen LogP contribution is -2.02. The number of thiophene rings is 1. The predicted octanol–water partition coefficient (Wildman–Crippen LogP) is 2.45. The highest BCUT2D eigenvalue weighted by Crippen LogP contribution is 2.12. The maximum absolute atomic E-state index is 10.7. The number of hydrogen-bond donors (Lipinski definition) is 2. The van der Waals surface area contributed by atoms with Gasteiger partial charge in [0.2, 0.25) is 0 Å². The fourth-order valence-corrected chi connectivity index (χ4v) is 1.90. The molecule has 82 valence electrons. The quantitative estimate of drug-likeness (QED) is 0.853. The monoisotopic (exact) mass is 234 g/mol. The average molecular weight is 234 g/mol. The van der Waals surface area contributed by atoms with Gasteiger partial charge in [0.15, 0.2) is 0 Å². The Bertz CT molecular complexity index is 482. The SMILES string of the molecule is O=C(O)c1ccnc(NCc2cccs2)c1. The van der Waals surface area contributed by atoms with E-state index in [1.54, 1.807) is 11.3 Å². The number of aromatic nitrogens is 1. The molecule has 2 aromatic rings. The molecule has 0 aliphatic rings. The highest BCUT2D eigenvalue weighted by Gasteiger charge is 2.03. The number of anilines is 1. The number of aromatic carboxylic acids is 1. The van der Waals surface area contributed by atoms with Gasteiger partial charge >= 0.3 is 5.97 Å². The smallest absolute Gasteiger partial charge is 0.335 e. The molecule has 0 atom stereocenters. The molecule has 0 radical (unpaired) electrons. The van der Waals surface area contributed by atoms with Crippen LogP contribution < -0.4 is 5.32 Å². The molecule has 0 fully saturated rings. The Balaban J connectivity index is 2.04. The number of hydrogen-bond acceptors (Lipinski definition) is 4. The molecule has 0 amide bonds. The first kappa shape index (κ1) is 10.6. The topological polar surface area (TPSA) is 62.2 Å². The molecule has 0 saturated heterocycles. The summed E-state index contributed by atoms with van der Waals surface area (Å²) in [5, 5.41) is 13.9. The summed E-state index contributed by atoms with van der Waals surface area (Å²) < 4.78 is 0. The van der Waals surface area contributed by atoms with E-state index in [9.17, 15) is 4.79 Å². The van der Waals surface area contributed by atoms with E-state index in [0.29, 0.717) is 12.4 Å². The van der Waals surface area contributed by atoms with Crippen molar-refractivity contribution in [3.63, 3.8) is 0 Å². The summed E-state index contributed by atoms with van der Waals surface area (Å²) in [6.07, 6.45) is 1.49. The van der Waals surface area contributed by atoms with Crippen molar-refractivity contribution < 1.29 is 9.90 Å². The molecule has 2 heterocycles. The van der Waals surface area contributed by atoms with Crippen molar-refractivity contribution in [2.75, 3.05) is 5.32 Å². The third kappa shape index (κ3) is 2.58. The highest BCUT2D eigenvalue weighted by atomic mass is 32.1. The first-order chi connectivity index (χ1) is 7.75. The van der Waals surface area contributed by atoms with Gasteiger partial charge in [0, 0.05) is 11.1 Å². The Hall–Kier alpha value is -1.88. The summed E-state index contributed by atoms with van der Waals surface area (Å²) in [4.78, 5) is 16.0. The molecule has 0 aliphatic carbocycles. The first-order valence-corrected chi connectivity index (χ1v) is 5.59. The number of pyridine rings is 1. The van der Waals surface area contributed by atoms with Gasteiger partial charge in [-0.2, -0.15) is 0 Å². The average Bonchev–Trinajstić information content (AvgIpc) is 2.79. The van der Waals surface area contributed by atoms with E-state index in [1.165, 1.54) is 23.2 Å². The van der Waals surface area contributed by atoms with Crippen molar-refractivity contribution in [1.29, 1.82) is 0 Å². The minimum absolute atomic E-state index is 0.240. The largest absolute Gasteiger partial charge is 0.478 e. The van der Waals surface area contributed by atoms with Crippen LogP contribution in [-0.2, 0) is 6.54 Å². The van der Waals surface area contributed by atoms with Crippen LogP contribution in [0.4, 0.5) is 5.82 Å². The van der Waals surface area contributed by atoms with E-state index in [1.807, 2.05) is 17.5 Å². The van der Waals surface area contributed by atoms with E-state index < -0.39 is 5.97 Å². The first-order valence-electron chi connectivity index (χ1n) is 4.71. The Morgan fingerprint density at radius 2 is 2.38 bits per heavy atom. The zero-order chi connectivity index (χ0) is 11.4. The minimum atomic E-state index is -0.943. The maximum atomic E-state index is 10.7. The van der Waals surface area contributed by atoms with Gasteiger partial charge < -0.3 is 10.4 Å². The molecule has 0 aromatic carbocycles. The number of carboxylic acid groups (broad SMARTS) is 1. The molecular formula is C11H10N2O2S. The zero-order valence-electron chi connectivity index (χ0n) is 8.38. The van der Waals surface area contributed by atoms with Crippen LogP contribution in [0, 0.1) is 0 Å². The molecule has 2 aromatic heterocycles. The normalized spacial score (nSPS) is 10.0. The molecule has 0 saturated carbocycles. The number of carboxylic acids is 1. The summed E-state index contributed by atoms with van der Waals surface area (Å²) in [6, 6.07) is 6.98. The van der Waals surface area contributed by atoms with E-state index in [0.717, 1.165) is 0 Å². The highest BCUT2D eigenvalue weighted by molar-refractivity contribution is 7.09. The Morgan fingerprint density at radius 1 is 1.50 bits per heavy atom. The van der Waals surface area contributed by atoms with E-state index >= 15 is 0 Å². The van der Waals surface area contributed by atoms with Crippen LogP contribution in [0.2, 0.25) is 0 Å². The van der Waals surface area contributed by atoms with Crippen LogP contribution in [-0.4, -0.2) is 16.1 Å². The number of nitrogens with zero attached hydrogens (tertiary/aromatic N) is 1. The van der Waals surface area contributed by atoms with Crippen molar-refractivity contribution in [1.82, 2.24) is 4.98 Å². The summed E-state index contributed by atoms with van der Waals surface area (Å²) in [5.74, 6) is -0.366. The number of carbonyl (C=O) groups is 1. The molecule has 2 rings (SSSR count). The molecule has 4 nitrogen and oxygen atoms in total. The van der Waals surface area contributed by atoms with Crippen LogP contribution >= 0.6 is 11.3 Å². The fourth-order valence-electron chi connectivity index (χ4n) is 1.25. The lowest BCUT2D eigenvalue weighted by Gasteiger charge is -2.04. The van der Waals surface area contributed by atoms with Crippen molar-refractivity contribution in [3.05, 3.63) is 46.3 Å². The zero-order valence-corrected chi connectivity index (χ0v) is 9.20. The lowest BCUT2D eigenvalue weighted by molar-refractivity contribution is 0.0697. The van der Waals surface area contributed by atoms with Gasteiger partial charge in [-0.1, -0.05) is 6.07 Å². The third-order valence-corrected chi connectivity index (χ3v) is 2.91. The maximum Gasteiger partial charge on any atom is 0.335 e. The van der Waals surface area contributed by atoms with Crippen molar-refractivity contribution >= 4 is 23.1 Å². The Kier molecular flexibility index (Phi) is 3.16. The van der Waals surface area contributed by atoms with Crippen LogP contribution in [0.3, 0.4) is 0 Å². The molecule has 0 aliphatic heterocycles. The van der Waals surface area contributed by atoms with Crippen LogP contribution in [0.25, 0.3) is 0 Å². The van der Waals surface area contributed by atoms with Gasteiger partial charge in [0.25, 0.3) is 0 Å². The predicted molar refractivity (Wildman–Crippen MR) is 62.8 cm³/mol. The van der Waals surface area contributed by atoms with Gasteiger partial charge in [0.05, 0.1) is 12.1 Å². The van der Waals surface area contributed by atoms with Gasteiger partial charge in [0.1, 0.15) is 5.82 Å². The lowest BCUT2D eigenvalue weighted by atomic mass is 10.2. The van der Waals surface area contributed by atoms with Crippen molar-refractivity contribution in [2.24, 2.45) is 0 Å². The molecule has 0 spiro atoms. The van der Waals surface area contributed by atoms with Gasteiger partial charge in [-0.3, -0.25) is 0 Å².